The molecule has 250 valence electrons. The summed E-state index contributed by atoms with van der Waals surface area (Å²) in [5.41, 5.74) is 12.9. The summed E-state index contributed by atoms with van der Waals surface area (Å²) in [5.74, 6) is 0.557. The molecule has 0 atom stereocenters. The van der Waals surface area contributed by atoms with Crippen molar-refractivity contribution in [1.29, 1.82) is 0 Å². The summed E-state index contributed by atoms with van der Waals surface area (Å²) < 4.78 is 0. The number of para-hydroxylation sites is 1. The van der Waals surface area contributed by atoms with Gasteiger partial charge in [0.2, 0.25) is 0 Å². The molecule has 52 heavy (non-hydrogen) atoms. The fraction of sp³-hybridized carbons (Fsp3) is 0.176. The third kappa shape index (κ3) is 4.55. The molecule has 0 aromatic heterocycles. The highest BCUT2D eigenvalue weighted by molar-refractivity contribution is 6.09. The Morgan fingerprint density at radius 1 is 0.462 bits per heavy atom. The van der Waals surface area contributed by atoms with Crippen molar-refractivity contribution in [3.05, 3.63) is 180 Å². The summed E-state index contributed by atoms with van der Waals surface area (Å²) >= 11 is 0. The lowest BCUT2D eigenvalue weighted by molar-refractivity contribution is 0.393. The first-order valence-corrected chi connectivity index (χ1v) is 19.3. The summed E-state index contributed by atoms with van der Waals surface area (Å²) in [6.07, 6.45) is 7.21. The lowest BCUT2D eigenvalue weighted by Gasteiger charge is -2.40. The van der Waals surface area contributed by atoms with Crippen molar-refractivity contribution in [3.8, 4) is 22.3 Å². The van der Waals surface area contributed by atoms with E-state index in [1.54, 1.807) is 16.7 Å². The van der Waals surface area contributed by atoms with Gasteiger partial charge in [0, 0.05) is 28.4 Å². The first kappa shape index (κ1) is 30.0. The Morgan fingerprint density at radius 3 is 2.02 bits per heavy atom. The fourth-order valence-corrected chi connectivity index (χ4v) is 10.2. The van der Waals surface area contributed by atoms with Gasteiger partial charge in [0.05, 0.1) is 0 Å². The van der Waals surface area contributed by atoms with Gasteiger partial charge in [-0.3, -0.25) is 0 Å². The minimum atomic E-state index is 0.220. The number of hydrogen-bond donors (Lipinski definition) is 0. The first-order valence-electron chi connectivity index (χ1n) is 19.3. The Hall–Kier alpha value is -5.66. The van der Waals surface area contributed by atoms with E-state index in [0.717, 1.165) is 12.8 Å². The van der Waals surface area contributed by atoms with Crippen LogP contribution in [0.5, 0.6) is 0 Å². The van der Waals surface area contributed by atoms with Crippen LogP contribution in [0.1, 0.15) is 61.1 Å². The maximum atomic E-state index is 2.69. The van der Waals surface area contributed by atoms with Crippen LogP contribution in [0.15, 0.2) is 164 Å². The highest BCUT2D eigenvalue weighted by Crippen LogP contribution is 2.61. The minimum absolute atomic E-state index is 0.220. The lowest BCUT2D eigenvalue weighted by Crippen LogP contribution is -2.34. The van der Waals surface area contributed by atoms with Crippen LogP contribution in [0.2, 0.25) is 0 Å². The maximum absolute atomic E-state index is 2.69. The number of nitrogens with zero attached hydrogens (tertiary/aromatic N) is 1. The molecule has 1 heteroatoms. The highest BCUT2D eigenvalue weighted by Gasteiger charge is 2.50. The van der Waals surface area contributed by atoms with E-state index in [-0.39, 0.29) is 5.41 Å². The van der Waals surface area contributed by atoms with Crippen LogP contribution in [-0.2, 0) is 5.41 Å². The average molecular weight is 668 g/mol. The summed E-state index contributed by atoms with van der Waals surface area (Å²) in [6.45, 7) is 0. The molecule has 11 rings (SSSR count). The molecule has 3 aliphatic carbocycles. The number of benzene rings is 8. The molecular formula is C51H41N. The van der Waals surface area contributed by atoms with Crippen molar-refractivity contribution >= 4 is 43.7 Å². The van der Waals surface area contributed by atoms with Gasteiger partial charge in [0.1, 0.15) is 0 Å². The molecule has 0 bridgehead atoms. The molecule has 0 N–H and O–H groups in total. The smallest absolute Gasteiger partial charge is 0.0493 e. The first-order chi connectivity index (χ1) is 25.8. The van der Waals surface area contributed by atoms with E-state index < -0.39 is 0 Å². The van der Waals surface area contributed by atoms with E-state index in [1.165, 1.54) is 91.6 Å². The van der Waals surface area contributed by atoms with Crippen molar-refractivity contribution in [2.24, 2.45) is 0 Å². The number of hydrogen-bond acceptors (Lipinski definition) is 1. The Balaban J connectivity index is 0.986. The van der Waals surface area contributed by atoms with Crippen LogP contribution in [-0.4, -0.2) is 6.04 Å². The van der Waals surface area contributed by atoms with E-state index in [2.05, 4.69) is 169 Å². The lowest BCUT2D eigenvalue weighted by atomic mass is 9.72. The zero-order valence-corrected chi connectivity index (χ0v) is 29.4. The molecule has 0 aliphatic heterocycles. The molecule has 0 amide bonds. The number of anilines is 2. The van der Waals surface area contributed by atoms with Gasteiger partial charge in [-0.2, -0.15) is 0 Å². The molecule has 1 nitrogen and oxygen atoms in total. The van der Waals surface area contributed by atoms with Crippen molar-refractivity contribution < 1.29 is 0 Å². The molecule has 0 saturated heterocycles. The maximum Gasteiger partial charge on any atom is 0.0493 e. The van der Waals surface area contributed by atoms with Gasteiger partial charge in [-0.25, -0.2) is 0 Å². The molecule has 2 fully saturated rings. The van der Waals surface area contributed by atoms with Crippen molar-refractivity contribution in [1.82, 2.24) is 0 Å². The molecule has 0 unspecified atom stereocenters. The Labute approximate surface area is 306 Å². The monoisotopic (exact) mass is 667 g/mol. The summed E-state index contributed by atoms with van der Waals surface area (Å²) in [7, 11) is 0. The summed E-state index contributed by atoms with van der Waals surface area (Å²) in [4.78, 5) is 2.69. The predicted molar refractivity (Wildman–Crippen MR) is 220 cm³/mol. The Kier molecular flexibility index (Phi) is 6.74. The SMILES string of the molecule is c1ccc(-c2ccccc2N(c2ccc3c(ccc4ccccc43)c2)C2CCC(c3ccc4c5c(cccc35)-c3ccccc3C43CC3)CC2)cc1. The molecule has 8 aromatic carbocycles. The zero-order valence-electron chi connectivity index (χ0n) is 29.4. The molecule has 1 spiro atoms. The summed E-state index contributed by atoms with van der Waals surface area (Å²) in [6, 6.07) is 62.3. The van der Waals surface area contributed by atoms with Gasteiger partial charge in [0.25, 0.3) is 0 Å². The minimum Gasteiger partial charge on any atom is -0.338 e. The molecule has 2 saturated carbocycles. The second-order valence-corrected chi connectivity index (χ2v) is 15.5. The second-order valence-electron chi connectivity index (χ2n) is 15.5. The molecule has 8 aromatic rings. The van der Waals surface area contributed by atoms with Crippen LogP contribution in [0, 0.1) is 0 Å². The normalized spacial score (nSPS) is 18.5. The Bertz CT molecular complexity index is 2660. The number of fused-ring (bicyclic) bond motifs is 7. The second kappa shape index (κ2) is 11.7. The highest BCUT2D eigenvalue weighted by atomic mass is 15.2. The van der Waals surface area contributed by atoms with E-state index >= 15 is 0 Å². The molecule has 3 aliphatic rings. The third-order valence-electron chi connectivity index (χ3n) is 12.8. The van der Waals surface area contributed by atoms with E-state index in [9.17, 15) is 0 Å². The van der Waals surface area contributed by atoms with Crippen LogP contribution < -0.4 is 4.90 Å². The molecule has 0 radical (unpaired) electrons. The topological polar surface area (TPSA) is 3.24 Å². The van der Waals surface area contributed by atoms with Gasteiger partial charge in [-0.1, -0.05) is 146 Å². The van der Waals surface area contributed by atoms with Gasteiger partial charge in [-0.15, -0.1) is 0 Å². The predicted octanol–water partition coefficient (Wildman–Crippen LogP) is 13.7. The quantitative estimate of drug-likeness (QED) is 0.165. The van der Waals surface area contributed by atoms with Gasteiger partial charge >= 0.3 is 0 Å². The van der Waals surface area contributed by atoms with Gasteiger partial charge in [-0.05, 0) is 128 Å². The average Bonchev–Trinajstić information content (AvgIpc) is 4.02. The van der Waals surface area contributed by atoms with E-state index in [4.69, 9.17) is 0 Å². The van der Waals surface area contributed by atoms with Crippen molar-refractivity contribution in [2.75, 3.05) is 4.90 Å². The summed E-state index contributed by atoms with van der Waals surface area (Å²) in [5, 5.41) is 8.25. The van der Waals surface area contributed by atoms with Crippen molar-refractivity contribution in [2.45, 2.75) is 55.9 Å². The largest absolute Gasteiger partial charge is 0.338 e. The molecule has 0 heterocycles. The molecular weight excluding hydrogens is 627 g/mol. The van der Waals surface area contributed by atoms with Gasteiger partial charge < -0.3 is 4.90 Å². The van der Waals surface area contributed by atoms with E-state index in [1.807, 2.05) is 0 Å². The third-order valence-corrected chi connectivity index (χ3v) is 12.8. The van der Waals surface area contributed by atoms with Crippen LogP contribution in [0.4, 0.5) is 11.4 Å². The Morgan fingerprint density at radius 2 is 1.15 bits per heavy atom. The number of rotatable bonds is 5. The van der Waals surface area contributed by atoms with Crippen LogP contribution in [0.3, 0.4) is 0 Å². The van der Waals surface area contributed by atoms with Gasteiger partial charge in [0.15, 0.2) is 0 Å². The van der Waals surface area contributed by atoms with Crippen LogP contribution in [0.25, 0.3) is 54.6 Å². The standard InChI is InChI=1S/C51H41N/c1-2-11-34(12-3-1)43-15-7-9-20-49(43)52(39-27-28-42-37(33-39)22-21-35-13-4-5-14-40(35)42)38-25-23-36(24-26-38)41-29-30-48-50-45(41)17-10-18-46(50)44-16-6-8-19-47(44)51(48)31-32-51/h1-22,27-30,33,36,38H,23-26,31-32H2. The van der Waals surface area contributed by atoms with E-state index in [0.29, 0.717) is 12.0 Å². The van der Waals surface area contributed by atoms with Crippen molar-refractivity contribution in [3.63, 3.8) is 0 Å². The van der Waals surface area contributed by atoms with Crippen LogP contribution >= 0.6 is 0 Å². The zero-order chi connectivity index (χ0) is 34.2. The fourth-order valence-electron chi connectivity index (χ4n) is 10.2.